The van der Waals surface area contributed by atoms with Crippen molar-refractivity contribution in [3.8, 4) is 0 Å². The first-order valence-corrected chi connectivity index (χ1v) is 7.90. The van der Waals surface area contributed by atoms with Crippen LogP contribution in [0.25, 0.3) is 0 Å². The summed E-state index contributed by atoms with van der Waals surface area (Å²) in [7, 11) is 1.87. The highest BCUT2D eigenvalue weighted by molar-refractivity contribution is 5.94. The summed E-state index contributed by atoms with van der Waals surface area (Å²) >= 11 is 0. The Bertz CT molecular complexity index is 738. The van der Waals surface area contributed by atoms with Gasteiger partial charge < -0.3 is 16.0 Å². The summed E-state index contributed by atoms with van der Waals surface area (Å²) in [4.78, 5) is 23.6. The number of amides is 2. The van der Waals surface area contributed by atoms with Gasteiger partial charge in [-0.3, -0.25) is 14.3 Å². The topological polar surface area (TPSA) is 88.1 Å². The molecule has 24 heavy (non-hydrogen) atoms. The van der Waals surface area contributed by atoms with E-state index in [9.17, 15) is 9.59 Å². The van der Waals surface area contributed by atoms with E-state index in [1.54, 1.807) is 28.9 Å². The smallest absolute Gasteiger partial charge is 0.229 e. The molecular weight excluding hydrogens is 306 g/mol. The van der Waals surface area contributed by atoms with Gasteiger partial charge in [0.15, 0.2) is 0 Å². The van der Waals surface area contributed by atoms with E-state index in [0.29, 0.717) is 17.9 Å². The third-order valence-corrected chi connectivity index (χ3v) is 4.18. The maximum absolute atomic E-state index is 12.6. The molecule has 1 aromatic heterocycles. The van der Waals surface area contributed by atoms with E-state index in [1.807, 2.05) is 19.4 Å². The molecule has 2 aromatic rings. The van der Waals surface area contributed by atoms with Crippen molar-refractivity contribution in [1.82, 2.24) is 15.1 Å². The van der Waals surface area contributed by atoms with Crippen molar-refractivity contribution >= 4 is 23.2 Å². The maximum atomic E-state index is 12.6. The van der Waals surface area contributed by atoms with Gasteiger partial charge in [-0.25, -0.2) is 0 Å². The van der Waals surface area contributed by atoms with E-state index < -0.39 is 0 Å². The fourth-order valence-corrected chi connectivity index (χ4v) is 3.01. The molecule has 0 unspecified atom stereocenters. The zero-order chi connectivity index (χ0) is 17.1. The largest absolute Gasteiger partial charge is 0.326 e. The van der Waals surface area contributed by atoms with Crippen molar-refractivity contribution in [3.05, 3.63) is 42.2 Å². The lowest BCUT2D eigenvalue weighted by Gasteiger charge is -2.17. The molecule has 0 bridgehead atoms. The monoisotopic (exact) mass is 327 g/mol. The maximum Gasteiger partial charge on any atom is 0.229 e. The Kier molecular flexibility index (Phi) is 4.61. The zero-order valence-corrected chi connectivity index (χ0v) is 13.7. The number of rotatable bonds is 4. The number of hydrogen-bond donors (Lipinski definition) is 3. The molecule has 126 valence electrons. The zero-order valence-electron chi connectivity index (χ0n) is 13.7. The number of hydrogen-bond acceptors (Lipinski definition) is 4. The second kappa shape index (κ2) is 6.84. The van der Waals surface area contributed by atoms with Crippen LogP contribution in [0.1, 0.15) is 18.4 Å². The molecule has 0 aliphatic carbocycles. The van der Waals surface area contributed by atoms with Gasteiger partial charge >= 0.3 is 0 Å². The Hall–Kier alpha value is -2.67. The summed E-state index contributed by atoms with van der Waals surface area (Å²) in [5.41, 5.74) is 2.49. The molecule has 7 heteroatoms. The number of carbonyl (C=O) groups is 2. The van der Waals surface area contributed by atoms with Crippen LogP contribution in [0.3, 0.4) is 0 Å². The van der Waals surface area contributed by atoms with Crippen molar-refractivity contribution in [2.75, 3.05) is 23.7 Å². The van der Waals surface area contributed by atoms with Crippen LogP contribution < -0.4 is 16.0 Å². The van der Waals surface area contributed by atoms with Crippen molar-refractivity contribution in [2.24, 2.45) is 13.0 Å². The van der Waals surface area contributed by atoms with Crippen molar-refractivity contribution in [1.29, 1.82) is 0 Å². The lowest BCUT2D eigenvalue weighted by molar-refractivity contribution is -0.119. The van der Waals surface area contributed by atoms with Crippen molar-refractivity contribution in [3.63, 3.8) is 0 Å². The minimum absolute atomic E-state index is 0.0128. The van der Waals surface area contributed by atoms with E-state index in [0.717, 1.165) is 12.1 Å². The lowest BCUT2D eigenvalue weighted by atomic mass is 9.90. The van der Waals surface area contributed by atoms with Crippen LogP contribution in [0, 0.1) is 5.92 Å². The Labute approximate surface area is 140 Å². The first-order chi connectivity index (χ1) is 11.5. The Morgan fingerprint density at radius 2 is 1.83 bits per heavy atom. The van der Waals surface area contributed by atoms with Crippen LogP contribution >= 0.6 is 0 Å². The van der Waals surface area contributed by atoms with Gasteiger partial charge in [0, 0.05) is 50.6 Å². The fourth-order valence-electron chi connectivity index (χ4n) is 3.01. The molecule has 1 aliphatic heterocycles. The van der Waals surface area contributed by atoms with Gasteiger partial charge in [-0.1, -0.05) is 0 Å². The van der Waals surface area contributed by atoms with E-state index in [4.69, 9.17) is 0 Å². The molecule has 0 spiro atoms. The van der Waals surface area contributed by atoms with Crippen LogP contribution in [-0.2, 0) is 16.6 Å². The highest BCUT2D eigenvalue weighted by Gasteiger charge is 2.34. The first-order valence-electron chi connectivity index (χ1n) is 7.90. The van der Waals surface area contributed by atoms with Gasteiger partial charge in [0.1, 0.15) is 0 Å². The average molecular weight is 327 g/mol. The van der Waals surface area contributed by atoms with Gasteiger partial charge in [0.05, 0.1) is 12.1 Å². The molecule has 0 radical (unpaired) electrons. The van der Waals surface area contributed by atoms with E-state index >= 15 is 0 Å². The Morgan fingerprint density at radius 1 is 1.17 bits per heavy atom. The molecule has 2 amide bonds. The number of benzene rings is 1. The quantitative estimate of drug-likeness (QED) is 0.790. The molecule has 1 aliphatic rings. The van der Waals surface area contributed by atoms with Crippen LogP contribution in [0.5, 0.6) is 0 Å². The molecule has 2 heterocycles. The third-order valence-electron chi connectivity index (χ3n) is 4.18. The molecule has 3 N–H and O–H groups in total. The van der Waals surface area contributed by atoms with Crippen LogP contribution in [0.2, 0.25) is 0 Å². The molecular formula is C17H21N5O2. The normalized spacial score (nSPS) is 19.9. The van der Waals surface area contributed by atoms with Crippen LogP contribution in [-0.4, -0.2) is 34.7 Å². The number of anilines is 2. The molecule has 2 atom stereocenters. The minimum atomic E-state index is -0.135. The second-order valence-corrected chi connectivity index (χ2v) is 6.07. The highest BCUT2D eigenvalue weighted by Crippen LogP contribution is 2.29. The van der Waals surface area contributed by atoms with Crippen LogP contribution in [0.15, 0.2) is 36.7 Å². The fraction of sp³-hybridized carbons (Fsp3) is 0.353. The number of carbonyl (C=O) groups excluding carboxylic acids is 2. The Morgan fingerprint density at radius 3 is 2.42 bits per heavy atom. The summed E-state index contributed by atoms with van der Waals surface area (Å²) in [6.45, 7) is 2.88. The standard InChI is InChI=1S/C17H21N5O2/c1-11(23)20-13-3-5-14(6-4-13)21-17(24)16-9-18-8-15(16)12-7-19-22(2)10-12/h3-7,10,15-16,18H,8-9H2,1-2H3,(H,20,23)(H,21,24)/t15-,16+/m1/s1. The van der Waals surface area contributed by atoms with Gasteiger partial charge in [-0.05, 0) is 29.8 Å². The predicted octanol–water partition coefficient (Wildman–Crippen LogP) is 1.32. The second-order valence-electron chi connectivity index (χ2n) is 6.07. The Balaban J connectivity index is 1.66. The van der Waals surface area contributed by atoms with Crippen molar-refractivity contribution in [2.45, 2.75) is 12.8 Å². The average Bonchev–Trinajstić information content (AvgIpc) is 3.17. The molecule has 1 saturated heterocycles. The van der Waals surface area contributed by atoms with Gasteiger partial charge in [-0.15, -0.1) is 0 Å². The van der Waals surface area contributed by atoms with Gasteiger partial charge in [0.2, 0.25) is 11.8 Å². The third kappa shape index (κ3) is 3.62. The summed E-state index contributed by atoms with van der Waals surface area (Å²) in [6.07, 6.45) is 3.78. The number of nitrogens with zero attached hydrogens (tertiary/aromatic N) is 2. The van der Waals surface area contributed by atoms with E-state index in [2.05, 4.69) is 21.0 Å². The molecule has 1 aromatic carbocycles. The summed E-state index contributed by atoms with van der Waals surface area (Å²) in [6, 6.07) is 7.10. The van der Waals surface area contributed by atoms with Gasteiger partial charge in [-0.2, -0.15) is 5.10 Å². The van der Waals surface area contributed by atoms with E-state index in [1.165, 1.54) is 6.92 Å². The van der Waals surface area contributed by atoms with Crippen molar-refractivity contribution < 1.29 is 9.59 Å². The summed E-state index contributed by atoms with van der Waals surface area (Å²) in [5, 5.41) is 13.1. The summed E-state index contributed by atoms with van der Waals surface area (Å²) in [5.74, 6) is -0.147. The molecule has 3 rings (SSSR count). The molecule has 0 saturated carbocycles. The minimum Gasteiger partial charge on any atom is -0.326 e. The number of nitrogens with one attached hydrogen (secondary N) is 3. The lowest BCUT2D eigenvalue weighted by Crippen LogP contribution is -2.28. The molecule has 7 nitrogen and oxygen atoms in total. The van der Waals surface area contributed by atoms with Gasteiger partial charge in [0.25, 0.3) is 0 Å². The summed E-state index contributed by atoms with van der Waals surface area (Å²) < 4.78 is 1.75. The predicted molar refractivity (Wildman–Crippen MR) is 91.7 cm³/mol. The first kappa shape index (κ1) is 16.2. The number of aryl methyl sites for hydroxylation is 1. The molecule has 1 fully saturated rings. The SMILES string of the molecule is CC(=O)Nc1ccc(NC(=O)[C@H]2CNC[C@@H]2c2cnn(C)c2)cc1. The number of aromatic nitrogens is 2. The highest BCUT2D eigenvalue weighted by atomic mass is 16.2. The van der Waals surface area contributed by atoms with E-state index in [-0.39, 0.29) is 23.7 Å². The van der Waals surface area contributed by atoms with Crippen LogP contribution in [0.4, 0.5) is 11.4 Å².